The van der Waals surface area contributed by atoms with Crippen molar-refractivity contribution in [3.63, 3.8) is 0 Å². The molecule has 4 aromatic rings. The van der Waals surface area contributed by atoms with Gasteiger partial charge in [0, 0.05) is 44.3 Å². The Balaban J connectivity index is 1.23. The highest BCUT2D eigenvalue weighted by Crippen LogP contribution is 2.28. The highest BCUT2D eigenvalue weighted by atomic mass is 16.5. The maximum Gasteiger partial charge on any atom is 0.257 e. The lowest BCUT2D eigenvalue weighted by Gasteiger charge is -2.26. The number of likely N-dealkylation sites (N-methyl/N-ethyl adjacent to an activating group) is 1. The van der Waals surface area contributed by atoms with Crippen LogP contribution < -0.4 is 19.9 Å². The molecule has 168 valence electrons. The number of hydrogen-bond donors (Lipinski definition) is 2. The minimum atomic E-state index is -0.201. The van der Waals surface area contributed by atoms with E-state index in [-0.39, 0.29) is 5.91 Å². The summed E-state index contributed by atoms with van der Waals surface area (Å²) in [6, 6.07) is 13.2. The molecule has 0 radical (unpaired) electrons. The van der Waals surface area contributed by atoms with E-state index in [0.717, 1.165) is 47.9 Å². The van der Waals surface area contributed by atoms with Gasteiger partial charge in [0.05, 0.1) is 18.1 Å². The van der Waals surface area contributed by atoms with Crippen molar-refractivity contribution in [1.82, 2.24) is 19.9 Å². The molecule has 5 rings (SSSR count). The average Bonchev–Trinajstić information content (AvgIpc) is 3.54. The number of fused-ring (bicyclic) bond motifs is 1. The van der Waals surface area contributed by atoms with E-state index >= 15 is 0 Å². The maximum atomic E-state index is 12.6. The number of aromatic amines is 1. The van der Waals surface area contributed by atoms with Crippen molar-refractivity contribution in [2.24, 2.45) is 0 Å². The number of benzene rings is 1. The van der Waals surface area contributed by atoms with Gasteiger partial charge in [0.1, 0.15) is 29.4 Å². The van der Waals surface area contributed by atoms with Crippen LogP contribution in [-0.4, -0.2) is 59.1 Å². The molecule has 1 unspecified atom stereocenters. The molecule has 9 nitrogen and oxygen atoms in total. The predicted molar refractivity (Wildman–Crippen MR) is 128 cm³/mol. The summed E-state index contributed by atoms with van der Waals surface area (Å²) in [5, 5.41) is 3.91. The molecule has 0 spiro atoms. The summed E-state index contributed by atoms with van der Waals surface area (Å²) < 4.78 is 5.15. The van der Waals surface area contributed by atoms with Crippen LogP contribution in [0.3, 0.4) is 0 Å². The molecule has 1 aliphatic heterocycles. The van der Waals surface area contributed by atoms with Crippen molar-refractivity contribution < 1.29 is 9.53 Å². The number of pyridine rings is 1. The molecule has 0 bridgehead atoms. The van der Waals surface area contributed by atoms with E-state index in [2.05, 4.69) is 35.1 Å². The van der Waals surface area contributed by atoms with Crippen LogP contribution in [0.4, 0.5) is 17.3 Å². The summed E-state index contributed by atoms with van der Waals surface area (Å²) in [6.45, 7) is 1.75. The molecule has 3 aromatic heterocycles. The summed E-state index contributed by atoms with van der Waals surface area (Å²) >= 11 is 0. The van der Waals surface area contributed by atoms with Gasteiger partial charge >= 0.3 is 0 Å². The fourth-order valence-corrected chi connectivity index (χ4v) is 4.15. The Morgan fingerprint density at radius 3 is 2.76 bits per heavy atom. The number of carbonyl (C=O) groups excluding carboxylic acids is 1. The van der Waals surface area contributed by atoms with Crippen LogP contribution in [0.5, 0.6) is 5.75 Å². The number of nitrogens with one attached hydrogen (secondary N) is 2. The van der Waals surface area contributed by atoms with Crippen molar-refractivity contribution in [2.75, 3.05) is 42.4 Å². The molecule has 1 fully saturated rings. The number of ether oxygens (including phenoxy) is 1. The molecule has 1 amide bonds. The van der Waals surface area contributed by atoms with E-state index in [9.17, 15) is 4.79 Å². The van der Waals surface area contributed by atoms with Gasteiger partial charge in [-0.25, -0.2) is 15.0 Å². The van der Waals surface area contributed by atoms with E-state index in [4.69, 9.17) is 4.74 Å². The number of H-pyrrole nitrogens is 1. The van der Waals surface area contributed by atoms with Crippen molar-refractivity contribution in [3.8, 4) is 5.75 Å². The SMILES string of the molecule is COc1ccc(NC(=O)c2ccc(N(C)C3CCN(c4ncnc5[nH]ccc45)C3)nc2)cc1. The normalized spacial score (nSPS) is 15.6. The Labute approximate surface area is 191 Å². The fraction of sp³-hybridized carbons (Fsp3) is 0.250. The molecule has 0 saturated carbocycles. The summed E-state index contributed by atoms with van der Waals surface area (Å²) in [5.41, 5.74) is 2.06. The first-order chi connectivity index (χ1) is 16.1. The number of nitrogens with zero attached hydrogens (tertiary/aromatic N) is 5. The highest BCUT2D eigenvalue weighted by molar-refractivity contribution is 6.04. The number of aromatic nitrogens is 4. The van der Waals surface area contributed by atoms with Crippen LogP contribution in [0, 0.1) is 0 Å². The van der Waals surface area contributed by atoms with Gasteiger partial charge in [-0.2, -0.15) is 0 Å². The zero-order valence-electron chi connectivity index (χ0n) is 18.5. The van der Waals surface area contributed by atoms with Gasteiger partial charge in [-0.3, -0.25) is 4.79 Å². The Bertz CT molecular complexity index is 1250. The van der Waals surface area contributed by atoms with Gasteiger partial charge in [0.15, 0.2) is 0 Å². The molecular weight excluding hydrogens is 418 g/mol. The van der Waals surface area contributed by atoms with Crippen LogP contribution >= 0.6 is 0 Å². The zero-order chi connectivity index (χ0) is 22.8. The van der Waals surface area contributed by atoms with Crippen LogP contribution in [-0.2, 0) is 0 Å². The molecule has 4 heterocycles. The lowest BCUT2D eigenvalue weighted by molar-refractivity contribution is 0.102. The van der Waals surface area contributed by atoms with Gasteiger partial charge in [0.2, 0.25) is 0 Å². The summed E-state index contributed by atoms with van der Waals surface area (Å²) in [7, 11) is 3.65. The smallest absolute Gasteiger partial charge is 0.257 e. The number of hydrogen-bond acceptors (Lipinski definition) is 7. The topological polar surface area (TPSA) is 99.3 Å². The zero-order valence-corrected chi connectivity index (χ0v) is 18.5. The molecule has 0 aliphatic carbocycles. The number of amides is 1. The Kier molecular flexibility index (Phi) is 5.52. The van der Waals surface area contributed by atoms with E-state index in [1.54, 1.807) is 50.0 Å². The number of anilines is 3. The first kappa shape index (κ1) is 20.7. The Morgan fingerprint density at radius 2 is 2.00 bits per heavy atom. The lowest BCUT2D eigenvalue weighted by Crippen LogP contribution is -2.35. The summed E-state index contributed by atoms with van der Waals surface area (Å²) in [6.07, 6.45) is 6.10. The van der Waals surface area contributed by atoms with Gasteiger partial charge < -0.3 is 24.8 Å². The van der Waals surface area contributed by atoms with Crippen molar-refractivity contribution >= 4 is 34.3 Å². The third kappa shape index (κ3) is 4.17. The van der Waals surface area contributed by atoms with Crippen LogP contribution in [0.1, 0.15) is 16.8 Å². The Morgan fingerprint density at radius 1 is 1.15 bits per heavy atom. The van der Waals surface area contributed by atoms with Crippen molar-refractivity contribution in [3.05, 3.63) is 66.7 Å². The van der Waals surface area contributed by atoms with Gasteiger partial charge in [-0.15, -0.1) is 0 Å². The standard InChI is InChI=1S/C24H25N7O2/c1-30(18-10-12-31(14-18)23-20-9-11-25-22(20)27-15-28-23)21-8-3-16(13-26-21)24(32)29-17-4-6-19(33-2)7-5-17/h3-9,11,13,15,18H,10,12,14H2,1-2H3,(H,29,32)(H,25,27,28). The largest absolute Gasteiger partial charge is 0.497 e. The molecule has 9 heteroatoms. The summed E-state index contributed by atoms with van der Waals surface area (Å²) in [5.74, 6) is 2.32. The third-order valence-corrected chi connectivity index (χ3v) is 6.06. The molecule has 1 atom stereocenters. The highest BCUT2D eigenvalue weighted by Gasteiger charge is 2.28. The average molecular weight is 444 g/mol. The molecule has 2 N–H and O–H groups in total. The maximum absolute atomic E-state index is 12.6. The van der Waals surface area contributed by atoms with E-state index < -0.39 is 0 Å². The third-order valence-electron chi connectivity index (χ3n) is 6.06. The van der Waals surface area contributed by atoms with Crippen LogP contribution in [0.2, 0.25) is 0 Å². The monoisotopic (exact) mass is 443 g/mol. The minimum Gasteiger partial charge on any atom is -0.497 e. The van der Waals surface area contributed by atoms with Crippen LogP contribution in [0.15, 0.2) is 61.2 Å². The van der Waals surface area contributed by atoms with Crippen molar-refractivity contribution in [1.29, 1.82) is 0 Å². The number of rotatable bonds is 6. The number of carbonyl (C=O) groups is 1. The van der Waals surface area contributed by atoms with Gasteiger partial charge in [0.25, 0.3) is 5.91 Å². The second kappa shape index (κ2) is 8.78. The quantitative estimate of drug-likeness (QED) is 0.472. The number of methoxy groups -OCH3 is 1. The van der Waals surface area contributed by atoms with Gasteiger partial charge in [-0.1, -0.05) is 0 Å². The molecule has 1 saturated heterocycles. The van der Waals surface area contributed by atoms with Gasteiger partial charge in [-0.05, 0) is 48.9 Å². The van der Waals surface area contributed by atoms with Crippen molar-refractivity contribution in [2.45, 2.75) is 12.5 Å². The first-order valence-electron chi connectivity index (χ1n) is 10.8. The molecular formula is C24H25N7O2. The molecule has 1 aromatic carbocycles. The first-order valence-corrected chi connectivity index (χ1v) is 10.8. The summed E-state index contributed by atoms with van der Waals surface area (Å²) in [4.78, 5) is 33.5. The van der Waals surface area contributed by atoms with E-state index in [1.165, 1.54) is 0 Å². The van der Waals surface area contributed by atoms with E-state index in [0.29, 0.717) is 17.3 Å². The fourth-order valence-electron chi connectivity index (χ4n) is 4.15. The predicted octanol–water partition coefficient (Wildman–Crippen LogP) is 3.33. The molecule has 1 aliphatic rings. The van der Waals surface area contributed by atoms with E-state index in [1.807, 2.05) is 25.4 Å². The minimum absolute atomic E-state index is 0.201. The van der Waals surface area contributed by atoms with Crippen LogP contribution in [0.25, 0.3) is 11.0 Å². The lowest BCUT2D eigenvalue weighted by atomic mass is 10.2. The second-order valence-corrected chi connectivity index (χ2v) is 8.02. The Hall–Kier alpha value is -4.14. The second-order valence-electron chi connectivity index (χ2n) is 8.02. The molecule has 33 heavy (non-hydrogen) atoms.